The van der Waals surface area contributed by atoms with E-state index in [1.165, 1.54) is 25.7 Å². The molecule has 0 radical (unpaired) electrons. The number of amides is 1. The molecule has 0 spiro atoms. The summed E-state index contributed by atoms with van der Waals surface area (Å²) in [7, 11) is 0. The number of carbonyl (C=O) groups is 1. The maximum Gasteiger partial charge on any atom is 0.252 e. The third-order valence-electron chi connectivity index (χ3n) is 4.32. The Hall–Kier alpha value is -1.66. The van der Waals surface area contributed by atoms with Crippen LogP contribution < -0.4 is 10.2 Å². The Morgan fingerprint density at radius 3 is 2.70 bits per heavy atom. The number of nitrogens with zero attached hydrogens (tertiary/aromatic N) is 2. The van der Waals surface area contributed by atoms with Crippen LogP contribution in [-0.2, 0) is 9.47 Å². The van der Waals surface area contributed by atoms with E-state index in [4.69, 9.17) is 9.47 Å². The lowest BCUT2D eigenvalue weighted by atomic mass is 10.2. The van der Waals surface area contributed by atoms with Crippen molar-refractivity contribution < 1.29 is 14.3 Å². The van der Waals surface area contributed by atoms with Gasteiger partial charge in [0.05, 0.1) is 31.5 Å². The third-order valence-corrected chi connectivity index (χ3v) is 4.32. The van der Waals surface area contributed by atoms with Crippen LogP contribution in [-0.4, -0.2) is 56.5 Å². The van der Waals surface area contributed by atoms with Crippen molar-refractivity contribution >= 4 is 11.7 Å². The zero-order chi connectivity index (χ0) is 15.9. The summed E-state index contributed by atoms with van der Waals surface area (Å²) in [6.45, 7) is 4.33. The molecular formula is C17H25N3O3. The number of aromatic nitrogens is 1. The van der Waals surface area contributed by atoms with Gasteiger partial charge in [0.1, 0.15) is 5.82 Å². The highest BCUT2D eigenvalue weighted by atomic mass is 16.6. The molecule has 1 atom stereocenters. The molecule has 1 aromatic rings. The minimum atomic E-state index is -0.117. The zero-order valence-corrected chi connectivity index (χ0v) is 13.5. The summed E-state index contributed by atoms with van der Waals surface area (Å²) in [5.41, 5.74) is 0.584. The zero-order valence-electron chi connectivity index (χ0n) is 13.5. The Balaban J connectivity index is 1.52. The monoisotopic (exact) mass is 319 g/mol. The summed E-state index contributed by atoms with van der Waals surface area (Å²) in [5.74, 6) is 0.849. The van der Waals surface area contributed by atoms with Crippen molar-refractivity contribution in [3.05, 3.63) is 23.9 Å². The van der Waals surface area contributed by atoms with E-state index in [0.717, 1.165) is 18.9 Å². The van der Waals surface area contributed by atoms with Crippen molar-refractivity contribution in [2.45, 2.75) is 31.8 Å². The summed E-state index contributed by atoms with van der Waals surface area (Å²) >= 11 is 0. The molecule has 2 aliphatic heterocycles. The van der Waals surface area contributed by atoms with E-state index >= 15 is 0 Å². The van der Waals surface area contributed by atoms with Gasteiger partial charge in [0.2, 0.25) is 0 Å². The minimum Gasteiger partial charge on any atom is -0.376 e. The van der Waals surface area contributed by atoms with Gasteiger partial charge in [0.25, 0.3) is 5.91 Å². The number of hydrogen-bond donors (Lipinski definition) is 1. The molecule has 2 aliphatic rings. The van der Waals surface area contributed by atoms with Crippen molar-refractivity contribution in [2.75, 3.05) is 44.4 Å². The van der Waals surface area contributed by atoms with Crippen LogP contribution in [0.2, 0.25) is 0 Å². The number of carbonyl (C=O) groups excluding carboxylic acids is 1. The first kappa shape index (κ1) is 16.2. The van der Waals surface area contributed by atoms with Gasteiger partial charge >= 0.3 is 0 Å². The van der Waals surface area contributed by atoms with Crippen LogP contribution in [0.4, 0.5) is 5.82 Å². The highest BCUT2D eigenvalue weighted by molar-refractivity contribution is 5.94. The summed E-state index contributed by atoms with van der Waals surface area (Å²) in [4.78, 5) is 18.9. The number of anilines is 1. The van der Waals surface area contributed by atoms with Crippen LogP contribution >= 0.6 is 0 Å². The lowest BCUT2D eigenvalue weighted by molar-refractivity contribution is -0.0855. The molecule has 1 aromatic heterocycles. The van der Waals surface area contributed by atoms with Gasteiger partial charge in [-0.1, -0.05) is 12.8 Å². The van der Waals surface area contributed by atoms with Gasteiger partial charge in [0, 0.05) is 25.8 Å². The number of hydrogen-bond acceptors (Lipinski definition) is 5. The molecule has 3 rings (SSSR count). The van der Waals surface area contributed by atoms with Gasteiger partial charge in [-0.15, -0.1) is 0 Å². The van der Waals surface area contributed by atoms with Crippen LogP contribution in [0.15, 0.2) is 18.3 Å². The van der Waals surface area contributed by atoms with Crippen molar-refractivity contribution in [3.63, 3.8) is 0 Å². The molecule has 3 heterocycles. The molecule has 0 aliphatic carbocycles. The maximum atomic E-state index is 12.2. The van der Waals surface area contributed by atoms with Crippen LogP contribution in [0.1, 0.15) is 36.0 Å². The molecule has 0 saturated carbocycles. The quantitative estimate of drug-likeness (QED) is 0.913. The first-order valence-corrected chi connectivity index (χ1v) is 8.51. The summed E-state index contributed by atoms with van der Waals surface area (Å²) in [5, 5.41) is 2.88. The Bertz CT molecular complexity index is 492. The largest absolute Gasteiger partial charge is 0.376 e. The van der Waals surface area contributed by atoms with Gasteiger partial charge in [0.15, 0.2) is 0 Å². The fourth-order valence-electron chi connectivity index (χ4n) is 2.97. The number of ether oxygens (including phenoxy) is 2. The lowest BCUT2D eigenvalue weighted by Gasteiger charge is -2.23. The van der Waals surface area contributed by atoms with E-state index in [9.17, 15) is 4.79 Å². The topological polar surface area (TPSA) is 63.7 Å². The normalized spacial score (nSPS) is 22.4. The third kappa shape index (κ3) is 4.65. The molecule has 6 nitrogen and oxygen atoms in total. The average molecular weight is 319 g/mol. The van der Waals surface area contributed by atoms with E-state index < -0.39 is 0 Å². The number of rotatable bonds is 4. The van der Waals surface area contributed by atoms with Gasteiger partial charge in [-0.3, -0.25) is 4.79 Å². The predicted octanol–water partition coefficient (Wildman–Crippen LogP) is 1.61. The molecule has 0 bridgehead atoms. The SMILES string of the molecule is O=C(NCC1COCCO1)c1ccc(N2CCCCCC2)nc1. The fourth-order valence-corrected chi connectivity index (χ4v) is 2.97. The summed E-state index contributed by atoms with van der Waals surface area (Å²) < 4.78 is 10.8. The molecule has 1 unspecified atom stereocenters. The molecule has 23 heavy (non-hydrogen) atoms. The second kappa shape index (κ2) is 8.26. The number of nitrogens with one attached hydrogen (secondary N) is 1. The van der Waals surface area contributed by atoms with Crippen molar-refractivity contribution in [3.8, 4) is 0 Å². The van der Waals surface area contributed by atoms with E-state index in [-0.39, 0.29) is 12.0 Å². The molecular weight excluding hydrogens is 294 g/mol. The standard InChI is InChI=1S/C17H25N3O3/c21-17(19-12-15-13-22-9-10-23-15)14-5-6-16(18-11-14)20-7-3-1-2-4-8-20/h5-6,11,15H,1-4,7-10,12-13H2,(H,19,21). The average Bonchev–Trinajstić information content (AvgIpc) is 2.90. The molecule has 2 saturated heterocycles. The molecule has 6 heteroatoms. The Labute approximate surface area is 137 Å². The summed E-state index contributed by atoms with van der Waals surface area (Å²) in [6.07, 6.45) is 6.62. The molecule has 1 amide bonds. The molecule has 126 valence electrons. The Morgan fingerprint density at radius 2 is 2.04 bits per heavy atom. The predicted molar refractivity (Wildman–Crippen MR) is 87.8 cm³/mol. The van der Waals surface area contributed by atoms with Gasteiger partial charge in [-0.25, -0.2) is 4.98 Å². The van der Waals surface area contributed by atoms with E-state index in [2.05, 4.69) is 15.2 Å². The summed E-state index contributed by atoms with van der Waals surface area (Å²) in [6, 6.07) is 3.79. The first-order valence-electron chi connectivity index (χ1n) is 8.51. The highest BCUT2D eigenvalue weighted by Crippen LogP contribution is 2.17. The second-order valence-corrected chi connectivity index (χ2v) is 6.08. The maximum absolute atomic E-state index is 12.2. The Kier molecular flexibility index (Phi) is 5.82. The lowest BCUT2D eigenvalue weighted by Crippen LogP contribution is -2.39. The van der Waals surface area contributed by atoms with Gasteiger partial charge in [-0.05, 0) is 25.0 Å². The van der Waals surface area contributed by atoms with Gasteiger partial charge in [-0.2, -0.15) is 0 Å². The van der Waals surface area contributed by atoms with E-state index in [1.807, 2.05) is 12.1 Å². The molecule has 2 fully saturated rings. The highest BCUT2D eigenvalue weighted by Gasteiger charge is 2.16. The Morgan fingerprint density at radius 1 is 1.22 bits per heavy atom. The van der Waals surface area contributed by atoms with E-state index in [0.29, 0.717) is 31.9 Å². The van der Waals surface area contributed by atoms with Crippen LogP contribution in [0, 0.1) is 0 Å². The van der Waals surface area contributed by atoms with Crippen LogP contribution in [0.25, 0.3) is 0 Å². The van der Waals surface area contributed by atoms with Crippen LogP contribution in [0.3, 0.4) is 0 Å². The number of pyridine rings is 1. The first-order chi connectivity index (χ1) is 11.3. The van der Waals surface area contributed by atoms with Gasteiger partial charge < -0.3 is 19.7 Å². The van der Waals surface area contributed by atoms with Crippen molar-refractivity contribution in [2.24, 2.45) is 0 Å². The van der Waals surface area contributed by atoms with Crippen LogP contribution in [0.5, 0.6) is 0 Å². The van der Waals surface area contributed by atoms with Crippen molar-refractivity contribution in [1.29, 1.82) is 0 Å². The second-order valence-electron chi connectivity index (χ2n) is 6.08. The van der Waals surface area contributed by atoms with Crippen molar-refractivity contribution in [1.82, 2.24) is 10.3 Å². The minimum absolute atomic E-state index is 0.0583. The smallest absolute Gasteiger partial charge is 0.252 e. The molecule has 0 aromatic carbocycles. The fraction of sp³-hybridized carbons (Fsp3) is 0.647. The molecule has 1 N–H and O–H groups in total. The van der Waals surface area contributed by atoms with E-state index in [1.54, 1.807) is 6.20 Å².